The molecule has 0 saturated heterocycles. The van der Waals surface area contributed by atoms with Gasteiger partial charge in [-0.3, -0.25) is 0 Å². The van der Waals surface area contributed by atoms with Gasteiger partial charge in [0.05, 0.1) is 0 Å². The van der Waals surface area contributed by atoms with E-state index in [1.807, 2.05) is 0 Å². The molecule has 0 atom stereocenters. The van der Waals surface area contributed by atoms with Gasteiger partial charge in [0.25, 0.3) is 0 Å². The van der Waals surface area contributed by atoms with E-state index in [0.29, 0.717) is 0 Å². The molecule has 0 radical (unpaired) electrons. The summed E-state index contributed by atoms with van der Waals surface area (Å²) in [4.78, 5) is 0. The zero-order chi connectivity index (χ0) is 8.44. The van der Waals surface area contributed by atoms with Crippen molar-refractivity contribution < 1.29 is 0 Å². The first-order valence-corrected chi connectivity index (χ1v) is 5.53. The summed E-state index contributed by atoms with van der Waals surface area (Å²) in [6.07, 6.45) is 14.1. The van der Waals surface area contributed by atoms with Crippen LogP contribution >= 0.6 is 0 Å². The Morgan fingerprint density at radius 2 is 2.08 bits per heavy atom. The molecule has 1 fully saturated rings. The molecule has 0 bridgehead atoms. The van der Waals surface area contributed by atoms with Crippen LogP contribution in [0.4, 0.5) is 0 Å². The minimum atomic E-state index is 0.768. The Hall–Kier alpha value is -0.260. The second-order valence-corrected chi connectivity index (χ2v) is 4.70. The summed E-state index contributed by atoms with van der Waals surface area (Å²) < 4.78 is 0. The lowest BCUT2D eigenvalue weighted by atomic mass is 9.82. The van der Waals surface area contributed by atoms with Gasteiger partial charge in [-0.15, -0.1) is 0 Å². The summed E-state index contributed by atoms with van der Waals surface area (Å²) in [7, 11) is 0. The van der Waals surface area contributed by atoms with Crippen molar-refractivity contribution in [3.63, 3.8) is 0 Å². The highest BCUT2D eigenvalue weighted by Gasteiger charge is 2.36. The number of hydrogen-bond donors (Lipinski definition) is 0. The van der Waals surface area contributed by atoms with E-state index in [9.17, 15) is 0 Å². The van der Waals surface area contributed by atoms with Crippen LogP contribution in [0.2, 0.25) is 0 Å². The lowest BCUT2D eigenvalue weighted by molar-refractivity contribution is 0.317. The predicted molar refractivity (Wildman–Crippen MR) is 53.1 cm³/mol. The largest absolute Gasteiger partial charge is 0.0847 e. The van der Waals surface area contributed by atoms with E-state index < -0.39 is 0 Å². The van der Waals surface area contributed by atoms with E-state index in [4.69, 9.17) is 0 Å². The van der Waals surface area contributed by atoms with Gasteiger partial charge in [0, 0.05) is 0 Å². The number of allylic oxidation sites excluding steroid dienone is 2. The van der Waals surface area contributed by atoms with Crippen molar-refractivity contribution in [3.05, 3.63) is 11.6 Å². The standard InChI is InChI=1S/C12H20/c1-2-5-11-6-9-12(10-11)7-3-4-8-12/h6H,2-5,7-10H2,1H3. The van der Waals surface area contributed by atoms with Gasteiger partial charge in [0.1, 0.15) is 0 Å². The molecule has 0 aliphatic heterocycles. The molecule has 68 valence electrons. The van der Waals surface area contributed by atoms with Gasteiger partial charge in [-0.1, -0.05) is 37.8 Å². The van der Waals surface area contributed by atoms with Crippen LogP contribution in [0.25, 0.3) is 0 Å². The fourth-order valence-electron chi connectivity index (χ4n) is 3.00. The van der Waals surface area contributed by atoms with Gasteiger partial charge in [-0.2, -0.15) is 0 Å². The molecule has 2 rings (SSSR count). The summed E-state index contributed by atoms with van der Waals surface area (Å²) >= 11 is 0. The molecule has 0 N–H and O–H groups in total. The molecular formula is C12H20. The predicted octanol–water partition coefficient (Wildman–Crippen LogP) is 4.07. The van der Waals surface area contributed by atoms with Crippen LogP contribution in [0.5, 0.6) is 0 Å². The Morgan fingerprint density at radius 3 is 2.75 bits per heavy atom. The van der Waals surface area contributed by atoms with E-state index in [1.165, 1.54) is 51.4 Å². The Bertz CT molecular complexity index is 182. The van der Waals surface area contributed by atoms with Crippen LogP contribution < -0.4 is 0 Å². The lowest BCUT2D eigenvalue weighted by Gasteiger charge is -2.22. The maximum Gasteiger partial charge on any atom is -0.0226 e. The van der Waals surface area contributed by atoms with Crippen LogP contribution in [0.15, 0.2) is 11.6 Å². The molecule has 0 aromatic rings. The summed E-state index contributed by atoms with van der Waals surface area (Å²) in [5.74, 6) is 0. The van der Waals surface area contributed by atoms with E-state index in [1.54, 1.807) is 5.57 Å². The molecule has 0 unspecified atom stereocenters. The Labute approximate surface area is 76.1 Å². The third kappa shape index (κ3) is 1.44. The summed E-state index contributed by atoms with van der Waals surface area (Å²) in [5, 5.41) is 0. The first kappa shape index (κ1) is 8.34. The maximum absolute atomic E-state index is 2.54. The monoisotopic (exact) mass is 164 g/mol. The molecule has 1 saturated carbocycles. The first-order valence-electron chi connectivity index (χ1n) is 5.53. The Kier molecular flexibility index (Phi) is 2.25. The smallest absolute Gasteiger partial charge is 0.0226 e. The average Bonchev–Trinajstić information content (AvgIpc) is 2.65. The molecule has 0 heterocycles. The quantitative estimate of drug-likeness (QED) is 0.540. The SMILES string of the molecule is CCCC1=CCC2(CCCC2)C1. The second-order valence-electron chi connectivity index (χ2n) is 4.70. The molecule has 0 heteroatoms. The molecule has 12 heavy (non-hydrogen) atoms. The van der Waals surface area contributed by atoms with E-state index >= 15 is 0 Å². The molecule has 2 aliphatic rings. The molecule has 2 aliphatic carbocycles. The van der Waals surface area contributed by atoms with Crippen molar-refractivity contribution in [1.82, 2.24) is 0 Å². The van der Waals surface area contributed by atoms with Crippen LogP contribution in [0, 0.1) is 5.41 Å². The summed E-state index contributed by atoms with van der Waals surface area (Å²) in [6, 6.07) is 0. The van der Waals surface area contributed by atoms with Crippen molar-refractivity contribution in [1.29, 1.82) is 0 Å². The Balaban J connectivity index is 1.92. The third-order valence-electron chi connectivity index (χ3n) is 3.66. The highest BCUT2D eigenvalue weighted by atomic mass is 14.4. The van der Waals surface area contributed by atoms with Gasteiger partial charge >= 0.3 is 0 Å². The van der Waals surface area contributed by atoms with Gasteiger partial charge in [-0.25, -0.2) is 0 Å². The van der Waals surface area contributed by atoms with E-state index in [0.717, 1.165) is 5.41 Å². The van der Waals surface area contributed by atoms with Crippen molar-refractivity contribution in [2.75, 3.05) is 0 Å². The van der Waals surface area contributed by atoms with Gasteiger partial charge in [0.15, 0.2) is 0 Å². The number of rotatable bonds is 2. The molecule has 1 spiro atoms. The van der Waals surface area contributed by atoms with E-state index in [-0.39, 0.29) is 0 Å². The highest BCUT2D eigenvalue weighted by molar-refractivity contribution is 5.15. The van der Waals surface area contributed by atoms with Gasteiger partial charge < -0.3 is 0 Å². The zero-order valence-corrected chi connectivity index (χ0v) is 8.23. The van der Waals surface area contributed by atoms with Crippen molar-refractivity contribution >= 4 is 0 Å². The normalized spacial score (nSPS) is 26.6. The summed E-state index contributed by atoms with van der Waals surface area (Å²) in [5.41, 5.74) is 2.53. The molecule has 0 aromatic heterocycles. The van der Waals surface area contributed by atoms with Crippen LogP contribution in [0.3, 0.4) is 0 Å². The topological polar surface area (TPSA) is 0 Å². The first-order chi connectivity index (χ1) is 5.85. The van der Waals surface area contributed by atoms with Crippen LogP contribution in [-0.2, 0) is 0 Å². The fraction of sp³-hybridized carbons (Fsp3) is 0.833. The van der Waals surface area contributed by atoms with Crippen LogP contribution in [0.1, 0.15) is 58.3 Å². The van der Waals surface area contributed by atoms with Crippen molar-refractivity contribution in [2.24, 2.45) is 5.41 Å². The van der Waals surface area contributed by atoms with Crippen LogP contribution in [-0.4, -0.2) is 0 Å². The average molecular weight is 164 g/mol. The maximum atomic E-state index is 2.54. The summed E-state index contributed by atoms with van der Waals surface area (Å²) in [6.45, 7) is 2.29. The lowest BCUT2D eigenvalue weighted by Crippen LogP contribution is -2.10. The minimum Gasteiger partial charge on any atom is -0.0847 e. The Morgan fingerprint density at radius 1 is 1.33 bits per heavy atom. The molecule has 0 nitrogen and oxygen atoms in total. The third-order valence-corrected chi connectivity index (χ3v) is 3.66. The molecule has 0 aromatic carbocycles. The van der Waals surface area contributed by atoms with Crippen molar-refractivity contribution in [2.45, 2.75) is 58.3 Å². The second kappa shape index (κ2) is 3.24. The molecule has 0 amide bonds. The van der Waals surface area contributed by atoms with Gasteiger partial charge in [0.2, 0.25) is 0 Å². The zero-order valence-electron chi connectivity index (χ0n) is 8.23. The van der Waals surface area contributed by atoms with Crippen molar-refractivity contribution in [3.8, 4) is 0 Å². The van der Waals surface area contributed by atoms with Gasteiger partial charge in [-0.05, 0) is 37.5 Å². The molecular weight excluding hydrogens is 144 g/mol. The highest BCUT2D eigenvalue weighted by Crippen LogP contribution is 2.50. The fourth-order valence-corrected chi connectivity index (χ4v) is 3.00. The van der Waals surface area contributed by atoms with E-state index in [2.05, 4.69) is 13.0 Å². The number of hydrogen-bond acceptors (Lipinski definition) is 0. The minimum absolute atomic E-state index is 0.768.